The van der Waals surface area contributed by atoms with E-state index in [0.29, 0.717) is 0 Å². The van der Waals surface area contributed by atoms with E-state index in [4.69, 9.17) is 11.6 Å². The molecule has 3 rings (SSSR count). The Morgan fingerprint density at radius 2 is 1.81 bits per heavy atom. The third-order valence-electron chi connectivity index (χ3n) is 4.05. The minimum atomic E-state index is -3.84. The van der Waals surface area contributed by atoms with Crippen molar-refractivity contribution in [3.05, 3.63) is 63.3 Å². The molecule has 7 nitrogen and oxygen atoms in total. The summed E-state index contributed by atoms with van der Waals surface area (Å²) >= 11 is 5.66. The highest BCUT2D eigenvalue weighted by atomic mass is 35.5. The first-order valence-electron chi connectivity index (χ1n) is 7.73. The number of aromatic nitrogens is 1. The van der Waals surface area contributed by atoms with Gasteiger partial charge in [-0.1, -0.05) is 17.7 Å². The topological polar surface area (TPSA) is 90.6 Å². The smallest absolute Gasteiger partial charge is 0.270 e. The Morgan fingerprint density at radius 1 is 1.12 bits per heavy atom. The number of nitrogens with zero attached hydrogens (tertiary/aromatic N) is 2. The Morgan fingerprint density at radius 3 is 2.42 bits per heavy atom. The van der Waals surface area contributed by atoms with Crippen molar-refractivity contribution < 1.29 is 17.6 Å². The molecule has 0 radical (unpaired) electrons. The summed E-state index contributed by atoms with van der Waals surface area (Å²) in [5.74, 6) is -1.07. The van der Waals surface area contributed by atoms with Gasteiger partial charge in [0.1, 0.15) is 11.5 Å². The lowest BCUT2D eigenvalue weighted by Crippen LogP contribution is -2.50. The normalized spacial score (nSPS) is 15.8. The number of nitrogens with one attached hydrogen (secondary N) is 1. The SMILES string of the molecule is O=C(c1cccc(=O)[nH]1)N1CCN(S(=O)(=O)c2ccc(F)c(Cl)c2)CC1. The van der Waals surface area contributed by atoms with Crippen molar-refractivity contribution in [3.8, 4) is 0 Å². The molecule has 1 N–H and O–H groups in total. The Bertz CT molecular complexity index is 1000. The number of pyridine rings is 1. The van der Waals surface area contributed by atoms with Gasteiger partial charge in [-0.25, -0.2) is 12.8 Å². The molecule has 1 aromatic carbocycles. The van der Waals surface area contributed by atoms with Gasteiger partial charge in [0.15, 0.2) is 0 Å². The average Bonchev–Trinajstić information content (AvgIpc) is 2.63. The molecule has 2 heterocycles. The van der Waals surface area contributed by atoms with Gasteiger partial charge in [0.05, 0.1) is 9.92 Å². The molecule has 26 heavy (non-hydrogen) atoms. The van der Waals surface area contributed by atoms with Crippen LogP contribution in [0.25, 0.3) is 0 Å². The highest BCUT2D eigenvalue weighted by molar-refractivity contribution is 7.89. The lowest BCUT2D eigenvalue weighted by Gasteiger charge is -2.33. The molecular formula is C16H15ClFN3O4S. The lowest BCUT2D eigenvalue weighted by atomic mass is 10.3. The molecule has 1 aliphatic rings. The second-order valence-electron chi connectivity index (χ2n) is 5.70. The number of carbonyl (C=O) groups excluding carboxylic acids is 1. The van der Waals surface area contributed by atoms with E-state index in [2.05, 4.69) is 4.98 Å². The summed E-state index contributed by atoms with van der Waals surface area (Å²) in [6.07, 6.45) is 0. The van der Waals surface area contributed by atoms with Gasteiger partial charge in [0.2, 0.25) is 15.6 Å². The number of halogens is 2. The van der Waals surface area contributed by atoms with Crippen LogP contribution < -0.4 is 5.56 Å². The first-order chi connectivity index (χ1) is 12.3. The minimum absolute atomic E-state index is 0.0835. The second kappa shape index (κ2) is 7.18. The Balaban J connectivity index is 1.72. The molecule has 0 atom stereocenters. The Labute approximate surface area is 154 Å². The van der Waals surface area contributed by atoms with Crippen LogP contribution in [0, 0.1) is 5.82 Å². The molecule has 0 saturated carbocycles. The zero-order valence-electron chi connectivity index (χ0n) is 13.5. The van der Waals surface area contributed by atoms with Gasteiger partial charge >= 0.3 is 0 Å². The number of hydrogen-bond donors (Lipinski definition) is 1. The van der Waals surface area contributed by atoms with Crippen LogP contribution in [0.5, 0.6) is 0 Å². The second-order valence-corrected chi connectivity index (χ2v) is 8.05. The van der Waals surface area contributed by atoms with Crippen LogP contribution in [0.4, 0.5) is 4.39 Å². The number of sulfonamides is 1. The van der Waals surface area contributed by atoms with Crippen LogP contribution in [0.1, 0.15) is 10.5 Å². The fourth-order valence-electron chi connectivity index (χ4n) is 2.66. The summed E-state index contributed by atoms with van der Waals surface area (Å²) in [5.41, 5.74) is -0.232. The van der Waals surface area contributed by atoms with E-state index >= 15 is 0 Å². The van der Waals surface area contributed by atoms with Crippen LogP contribution in [0.3, 0.4) is 0 Å². The number of amides is 1. The number of rotatable bonds is 3. The number of carbonyl (C=O) groups is 1. The van der Waals surface area contributed by atoms with Gasteiger partial charge in [-0.05, 0) is 24.3 Å². The molecule has 10 heteroatoms. The molecule has 1 fully saturated rings. The van der Waals surface area contributed by atoms with Crippen LogP contribution in [-0.4, -0.2) is 54.7 Å². The quantitative estimate of drug-likeness (QED) is 0.842. The maximum Gasteiger partial charge on any atom is 0.270 e. The van der Waals surface area contributed by atoms with Crippen LogP contribution >= 0.6 is 11.6 Å². The summed E-state index contributed by atoms with van der Waals surface area (Å²) in [5, 5.41) is -0.270. The van der Waals surface area contributed by atoms with Crippen molar-refractivity contribution in [3.63, 3.8) is 0 Å². The minimum Gasteiger partial charge on any atom is -0.335 e. The zero-order valence-corrected chi connectivity index (χ0v) is 15.1. The number of benzene rings is 1. The first kappa shape index (κ1) is 18.6. The molecule has 1 aliphatic heterocycles. The number of piperazine rings is 1. The van der Waals surface area contributed by atoms with Crippen LogP contribution in [0.15, 0.2) is 46.1 Å². The molecule has 1 saturated heterocycles. The standard InChI is InChI=1S/C16H15ClFN3O4S/c17-12-10-11(4-5-13(12)18)26(24,25)21-8-6-20(7-9-21)16(23)14-2-1-3-15(22)19-14/h1-5,10H,6-9H2,(H,19,22). The molecule has 0 aliphatic carbocycles. The molecular weight excluding hydrogens is 385 g/mol. The average molecular weight is 400 g/mol. The van der Waals surface area contributed by atoms with Gasteiger partial charge in [0.25, 0.3) is 5.91 Å². The van der Waals surface area contributed by atoms with Crippen molar-refractivity contribution >= 4 is 27.5 Å². The maximum atomic E-state index is 13.2. The zero-order chi connectivity index (χ0) is 18.9. The summed E-state index contributed by atoms with van der Waals surface area (Å²) in [6.45, 7) is 0.508. The van der Waals surface area contributed by atoms with E-state index in [1.54, 1.807) is 0 Å². The molecule has 1 amide bonds. The fourth-order valence-corrected chi connectivity index (χ4v) is 4.36. The third kappa shape index (κ3) is 3.64. The molecule has 1 aromatic heterocycles. The third-order valence-corrected chi connectivity index (χ3v) is 6.24. The van der Waals surface area contributed by atoms with Crippen LogP contribution in [-0.2, 0) is 10.0 Å². The Hall–Kier alpha value is -2.23. The number of aromatic amines is 1. The van der Waals surface area contributed by atoms with Crippen molar-refractivity contribution in [1.82, 2.24) is 14.2 Å². The molecule has 138 valence electrons. The molecule has 0 spiro atoms. The van der Waals surface area contributed by atoms with E-state index in [1.807, 2.05) is 0 Å². The predicted molar refractivity (Wildman–Crippen MR) is 93.1 cm³/mol. The lowest BCUT2D eigenvalue weighted by molar-refractivity contribution is 0.0691. The van der Waals surface area contributed by atoms with E-state index in [0.717, 1.165) is 18.2 Å². The maximum absolute atomic E-state index is 13.2. The number of H-pyrrole nitrogens is 1. The van der Waals surface area contributed by atoms with Gasteiger partial charge in [0, 0.05) is 32.2 Å². The Kier molecular flexibility index (Phi) is 5.12. The summed E-state index contributed by atoms with van der Waals surface area (Å²) in [6, 6.07) is 7.50. The highest BCUT2D eigenvalue weighted by Gasteiger charge is 2.31. The molecule has 2 aromatic rings. The van der Waals surface area contributed by atoms with Gasteiger partial charge < -0.3 is 9.88 Å². The number of hydrogen-bond acceptors (Lipinski definition) is 4. The highest BCUT2D eigenvalue weighted by Crippen LogP contribution is 2.23. The van der Waals surface area contributed by atoms with E-state index in [9.17, 15) is 22.4 Å². The van der Waals surface area contributed by atoms with Gasteiger partial charge in [-0.15, -0.1) is 0 Å². The van der Waals surface area contributed by atoms with Gasteiger partial charge in [-0.2, -0.15) is 4.31 Å². The van der Waals surface area contributed by atoms with Crippen molar-refractivity contribution in [1.29, 1.82) is 0 Å². The predicted octanol–water partition coefficient (Wildman–Crippen LogP) is 1.31. The summed E-state index contributed by atoms with van der Waals surface area (Å²) in [4.78, 5) is 27.5. The molecule has 0 bridgehead atoms. The van der Waals surface area contributed by atoms with Crippen molar-refractivity contribution in [2.24, 2.45) is 0 Å². The largest absolute Gasteiger partial charge is 0.335 e. The molecule has 0 unspecified atom stereocenters. The van der Waals surface area contributed by atoms with E-state index in [-0.39, 0.29) is 53.3 Å². The fraction of sp³-hybridized carbons (Fsp3) is 0.250. The van der Waals surface area contributed by atoms with Crippen LogP contribution in [0.2, 0.25) is 5.02 Å². The monoisotopic (exact) mass is 399 g/mol. The van der Waals surface area contributed by atoms with Gasteiger partial charge in [-0.3, -0.25) is 9.59 Å². The summed E-state index contributed by atoms with van der Waals surface area (Å²) < 4.78 is 39.7. The van der Waals surface area contributed by atoms with E-state index < -0.39 is 15.8 Å². The van der Waals surface area contributed by atoms with Crippen molar-refractivity contribution in [2.75, 3.05) is 26.2 Å². The van der Waals surface area contributed by atoms with Crippen molar-refractivity contribution in [2.45, 2.75) is 4.90 Å². The van der Waals surface area contributed by atoms with E-state index in [1.165, 1.54) is 27.4 Å². The summed E-state index contributed by atoms with van der Waals surface area (Å²) in [7, 11) is -3.84. The first-order valence-corrected chi connectivity index (χ1v) is 9.54.